The van der Waals surface area contributed by atoms with Crippen LogP contribution in [0.25, 0.3) is 0 Å². The Kier molecular flexibility index (Phi) is 7.20. The lowest BCUT2D eigenvalue weighted by molar-refractivity contribution is -0.138. The molecule has 0 heterocycles. The van der Waals surface area contributed by atoms with E-state index >= 15 is 0 Å². The van der Waals surface area contributed by atoms with Crippen molar-refractivity contribution < 1.29 is 14.7 Å². The fourth-order valence-corrected chi connectivity index (χ4v) is 1.19. The molecule has 0 saturated heterocycles. The zero-order chi connectivity index (χ0) is 12.6. The highest BCUT2D eigenvalue weighted by molar-refractivity contribution is 5.78. The quantitative estimate of drug-likeness (QED) is 0.593. The molecule has 0 aromatic rings. The van der Waals surface area contributed by atoms with Crippen LogP contribution in [0.2, 0.25) is 0 Å². The third-order valence-electron chi connectivity index (χ3n) is 2.13. The van der Waals surface area contributed by atoms with Crippen molar-refractivity contribution in [2.75, 3.05) is 19.6 Å². The fourth-order valence-electron chi connectivity index (χ4n) is 1.19. The van der Waals surface area contributed by atoms with Gasteiger partial charge in [-0.15, -0.1) is 6.58 Å². The smallest absolute Gasteiger partial charge is 0.304 e. The Hall–Kier alpha value is -1.36. The lowest BCUT2D eigenvalue weighted by Crippen LogP contribution is -2.41. The number of nitrogens with one attached hydrogen (secondary N) is 1. The van der Waals surface area contributed by atoms with E-state index in [1.807, 2.05) is 18.7 Å². The lowest BCUT2D eigenvalue weighted by Gasteiger charge is -2.24. The van der Waals surface area contributed by atoms with Crippen LogP contribution in [0.4, 0.5) is 0 Å². The number of amides is 1. The number of carboxylic acids is 1. The third-order valence-corrected chi connectivity index (χ3v) is 2.13. The van der Waals surface area contributed by atoms with Gasteiger partial charge in [-0.05, 0) is 13.8 Å². The van der Waals surface area contributed by atoms with Crippen LogP contribution >= 0.6 is 0 Å². The summed E-state index contributed by atoms with van der Waals surface area (Å²) in [5.41, 5.74) is 0. The maximum Gasteiger partial charge on any atom is 0.304 e. The molecule has 0 bridgehead atoms. The molecule has 0 aliphatic rings. The second-order valence-electron chi connectivity index (χ2n) is 3.80. The molecule has 0 radical (unpaired) electrons. The van der Waals surface area contributed by atoms with E-state index in [9.17, 15) is 9.59 Å². The van der Waals surface area contributed by atoms with Crippen molar-refractivity contribution in [2.45, 2.75) is 26.3 Å². The summed E-state index contributed by atoms with van der Waals surface area (Å²) in [5, 5.41) is 11.2. The van der Waals surface area contributed by atoms with Gasteiger partial charge in [-0.25, -0.2) is 0 Å². The van der Waals surface area contributed by atoms with Crippen LogP contribution in [0.5, 0.6) is 0 Å². The summed E-state index contributed by atoms with van der Waals surface area (Å²) in [5.74, 6) is -0.962. The first-order chi connectivity index (χ1) is 7.47. The molecule has 2 N–H and O–H groups in total. The van der Waals surface area contributed by atoms with Crippen molar-refractivity contribution in [3.8, 4) is 0 Å². The number of hydrogen-bond acceptors (Lipinski definition) is 3. The largest absolute Gasteiger partial charge is 0.481 e. The molecule has 0 atom stereocenters. The molecular weight excluding hydrogens is 208 g/mol. The van der Waals surface area contributed by atoms with Crippen molar-refractivity contribution in [1.29, 1.82) is 0 Å². The van der Waals surface area contributed by atoms with E-state index < -0.39 is 5.97 Å². The molecule has 0 aliphatic heterocycles. The molecule has 0 aliphatic carbocycles. The van der Waals surface area contributed by atoms with Crippen molar-refractivity contribution in [1.82, 2.24) is 10.2 Å². The molecule has 0 rings (SSSR count). The Labute approximate surface area is 96.1 Å². The van der Waals surface area contributed by atoms with Gasteiger partial charge in [0, 0.05) is 19.1 Å². The van der Waals surface area contributed by atoms with E-state index in [4.69, 9.17) is 5.11 Å². The highest BCUT2D eigenvalue weighted by Gasteiger charge is 2.14. The summed E-state index contributed by atoms with van der Waals surface area (Å²) in [6, 6.07) is 0.147. The first-order valence-corrected chi connectivity index (χ1v) is 5.30. The topological polar surface area (TPSA) is 69.6 Å². The molecule has 5 heteroatoms. The second-order valence-corrected chi connectivity index (χ2v) is 3.80. The van der Waals surface area contributed by atoms with E-state index in [0.717, 1.165) is 0 Å². The third kappa shape index (κ3) is 7.00. The summed E-state index contributed by atoms with van der Waals surface area (Å²) in [4.78, 5) is 23.7. The Bertz CT molecular complexity index is 252. The van der Waals surface area contributed by atoms with Gasteiger partial charge in [0.1, 0.15) is 0 Å². The van der Waals surface area contributed by atoms with Crippen LogP contribution in [0.15, 0.2) is 12.7 Å². The van der Waals surface area contributed by atoms with Crippen LogP contribution in [-0.2, 0) is 9.59 Å². The van der Waals surface area contributed by atoms with Crippen LogP contribution < -0.4 is 5.32 Å². The number of carbonyl (C=O) groups is 2. The maximum atomic E-state index is 11.4. The Morgan fingerprint density at radius 1 is 1.50 bits per heavy atom. The predicted octanol–water partition coefficient (Wildman–Crippen LogP) is 0.474. The van der Waals surface area contributed by atoms with Crippen LogP contribution in [0, 0.1) is 0 Å². The van der Waals surface area contributed by atoms with Crippen LogP contribution in [0.1, 0.15) is 20.3 Å². The summed E-state index contributed by atoms with van der Waals surface area (Å²) >= 11 is 0. The minimum atomic E-state index is -0.850. The molecule has 16 heavy (non-hydrogen) atoms. The molecular formula is C11H20N2O3. The molecule has 0 saturated carbocycles. The van der Waals surface area contributed by atoms with E-state index in [0.29, 0.717) is 13.1 Å². The van der Waals surface area contributed by atoms with Crippen LogP contribution in [0.3, 0.4) is 0 Å². The monoisotopic (exact) mass is 228 g/mol. The van der Waals surface area contributed by atoms with E-state index in [1.165, 1.54) is 0 Å². The van der Waals surface area contributed by atoms with Gasteiger partial charge in [0.15, 0.2) is 0 Å². The standard InChI is InChI=1S/C11H20N2O3/c1-4-6-12-10(14)8-13(9(2)3)7-5-11(15)16/h4,9H,1,5-8H2,2-3H3,(H,12,14)(H,15,16). The number of carbonyl (C=O) groups excluding carboxylic acids is 1. The minimum absolute atomic E-state index is 0.0485. The molecule has 0 unspecified atom stereocenters. The van der Waals surface area contributed by atoms with Crippen molar-refractivity contribution in [3.05, 3.63) is 12.7 Å². The summed E-state index contributed by atoms with van der Waals surface area (Å²) < 4.78 is 0. The van der Waals surface area contributed by atoms with Gasteiger partial charge >= 0.3 is 5.97 Å². The summed E-state index contributed by atoms with van der Waals surface area (Å²) in [6.07, 6.45) is 1.65. The van der Waals surface area contributed by atoms with E-state index in [1.54, 1.807) is 6.08 Å². The van der Waals surface area contributed by atoms with Gasteiger partial charge in [0.25, 0.3) is 0 Å². The zero-order valence-electron chi connectivity index (χ0n) is 9.90. The first kappa shape index (κ1) is 14.6. The average Bonchev–Trinajstić information content (AvgIpc) is 2.20. The Morgan fingerprint density at radius 2 is 2.12 bits per heavy atom. The molecule has 92 valence electrons. The number of hydrogen-bond donors (Lipinski definition) is 2. The molecule has 0 aromatic heterocycles. The first-order valence-electron chi connectivity index (χ1n) is 5.30. The van der Waals surface area contributed by atoms with Crippen molar-refractivity contribution >= 4 is 11.9 Å². The number of carboxylic acid groups (broad SMARTS) is 1. The van der Waals surface area contributed by atoms with Crippen LogP contribution in [-0.4, -0.2) is 47.6 Å². The Morgan fingerprint density at radius 3 is 2.56 bits per heavy atom. The maximum absolute atomic E-state index is 11.4. The number of aliphatic carboxylic acids is 1. The van der Waals surface area contributed by atoms with Gasteiger partial charge in [0.2, 0.25) is 5.91 Å². The molecule has 0 aromatic carbocycles. The summed E-state index contributed by atoms with van der Waals surface area (Å²) in [6.45, 7) is 8.41. The van der Waals surface area contributed by atoms with E-state index in [2.05, 4.69) is 11.9 Å². The fraction of sp³-hybridized carbons (Fsp3) is 0.636. The van der Waals surface area contributed by atoms with Crippen molar-refractivity contribution in [3.63, 3.8) is 0 Å². The number of nitrogens with zero attached hydrogens (tertiary/aromatic N) is 1. The molecule has 0 spiro atoms. The molecule has 0 fully saturated rings. The SMILES string of the molecule is C=CCNC(=O)CN(CCC(=O)O)C(C)C. The lowest BCUT2D eigenvalue weighted by atomic mass is 10.2. The van der Waals surface area contributed by atoms with Gasteiger partial charge in [-0.2, -0.15) is 0 Å². The minimum Gasteiger partial charge on any atom is -0.481 e. The highest BCUT2D eigenvalue weighted by Crippen LogP contribution is 1.99. The average molecular weight is 228 g/mol. The number of rotatable bonds is 8. The normalized spacial score (nSPS) is 10.5. The second kappa shape index (κ2) is 7.87. The van der Waals surface area contributed by atoms with Gasteiger partial charge in [-0.3, -0.25) is 14.5 Å². The summed E-state index contributed by atoms with van der Waals surface area (Å²) in [7, 11) is 0. The zero-order valence-corrected chi connectivity index (χ0v) is 9.90. The highest BCUT2D eigenvalue weighted by atomic mass is 16.4. The predicted molar refractivity (Wildman–Crippen MR) is 62.2 cm³/mol. The van der Waals surface area contributed by atoms with Crippen molar-refractivity contribution in [2.24, 2.45) is 0 Å². The van der Waals surface area contributed by atoms with Gasteiger partial charge in [0.05, 0.1) is 13.0 Å². The molecule has 1 amide bonds. The van der Waals surface area contributed by atoms with E-state index in [-0.39, 0.29) is 24.9 Å². The Balaban J connectivity index is 4.06. The van der Waals surface area contributed by atoms with Gasteiger partial charge in [-0.1, -0.05) is 6.08 Å². The molecule has 5 nitrogen and oxygen atoms in total. The van der Waals surface area contributed by atoms with Gasteiger partial charge < -0.3 is 10.4 Å².